The molecule has 1 N–H and O–H groups in total. The molecule has 2 aromatic carbocycles. The minimum atomic E-state index is -0.730. The van der Waals surface area contributed by atoms with E-state index in [1.807, 2.05) is 30.3 Å². The van der Waals surface area contributed by atoms with Crippen molar-refractivity contribution < 1.29 is 14.6 Å². The van der Waals surface area contributed by atoms with Crippen molar-refractivity contribution in [1.82, 2.24) is 9.80 Å². The number of hydrogen-bond donors (Lipinski definition) is 1. The number of carboxylic acid groups (broad SMARTS) is 1. The molecule has 0 radical (unpaired) electrons. The maximum atomic E-state index is 11.9. The molecule has 1 atom stereocenters. The first kappa shape index (κ1) is 24.5. The zero-order valence-electron chi connectivity index (χ0n) is 19.4. The van der Waals surface area contributed by atoms with E-state index >= 15 is 0 Å². The van der Waals surface area contributed by atoms with Crippen molar-refractivity contribution in [2.75, 3.05) is 32.7 Å². The zero-order valence-corrected chi connectivity index (χ0v) is 20.2. The number of nitrogens with zero attached hydrogens (tertiary/aromatic N) is 3. The second kappa shape index (κ2) is 11.7. The second-order valence-electron chi connectivity index (χ2n) is 9.40. The summed E-state index contributed by atoms with van der Waals surface area (Å²) in [5, 5.41) is 19.3. The Kier molecular flexibility index (Phi) is 8.44. The molecule has 2 aliphatic heterocycles. The number of aliphatic carboxylic acids is 1. The molecule has 1 unspecified atom stereocenters. The number of rotatable bonds is 8. The average Bonchev–Trinajstić information content (AvgIpc) is 2.86. The Morgan fingerprint density at radius 3 is 2.41 bits per heavy atom. The van der Waals surface area contributed by atoms with Gasteiger partial charge in [-0.1, -0.05) is 41.9 Å². The summed E-state index contributed by atoms with van der Waals surface area (Å²) >= 11 is 6.26. The number of piperidine rings is 2. The summed E-state index contributed by atoms with van der Waals surface area (Å²) in [6.45, 7) is 4.72. The molecule has 0 saturated carbocycles. The van der Waals surface area contributed by atoms with Crippen LogP contribution in [0.25, 0.3) is 0 Å². The van der Waals surface area contributed by atoms with Crippen LogP contribution in [-0.4, -0.2) is 65.7 Å². The lowest BCUT2D eigenvalue weighted by Gasteiger charge is -2.39. The van der Waals surface area contributed by atoms with Gasteiger partial charge in [-0.15, -0.1) is 0 Å². The lowest BCUT2D eigenvalue weighted by atomic mass is 9.93. The van der Waals surface area contributed by atoms with Crippen LogP contribution in [0, 0.1) is 17.2 Å². The Bertz CT molecular complexity index is 994. The molecular weight excluding hydrogens is 450 g/mol. The minimum Gasteiger partial charge on any atom is -0.489 e. The number of benzene rings is 2. The number of hydrogen-bond acceptors (Lipinski definition) is 5. The van der Waals surface area contributed by atoms with E-state index < -0.39 is 12.0 Å². The van der Waals surface area contributed by atoms with Gasteiger partial charge in [0.15, 0.2) is 0 Å². The van der Waals surface area contributed by atoms with Crippen molar-refractivity contribution >= 4 is 17.6 Å². The maximum Gasteiger partial charge on any atom is 0.321 e. The highest BCUT2D eigenvalue weighted by Gasteiger charge is 2.31. The summed E-state index contributed by atoms with van der Waals surface area (Å²) in [4.78, 5) is 16.6. The fourth-order valence-electron chi connectivity index (χ4n) is 5.08. The quantitative estimate of drug-likeness (QED) is 0.599. The SMILES string of the molecule is N#Cc1ccc(OC2CCN(CC3CCN(C(Cc4ccccc4)C(=O)O)CC3)CC2)c(Cl)c1. The zero-order chi connectivity index (χ0) is 23.9. The molecule has 0 spiro atoms. The molecule has 2 heterocycles. The van der Waals surface area contributed by atoms with Gasteiger partial charge in [0.25, 0.3) is 0 Å². The predicted octanol–water partition coefficient (Wildman–Crippen LogP) is 4.46. The fraction of sp³-hybridized carbons (Fsp3) is 0.481. The van der Waals surface area contributed by atoms with Crippen molar-refractivity contribution in [3.8, 4) is 11.8 Å². The molecule has 0 amide bonds. The summed E-state index contributed by atoms with van der Waals surface area (Å²) in [7, 11) is 0. The number of carbonyl (C=O) groups is 1. The van der Waals surface area contributed by atoms with Crippen LogP contribution in [0.2, 0.25) is 5.02 Å². The molecule has 34 heavy (non-hydrogen) atoms. The summed E-state index contributed by atoms with van der Waals surface area (Å²) in [6.07, 6.45) is 4.67. The lowest BCUT2D eigenvalue weighted by Crippen LogP contribution is -2.48. The Balaban J connectivity index is 1.21. The monoisotopic (exact) mass is 481 g/mol. The van der Waals surface area contributed by atoms with Gasteiger partial charge in [0, 0.05) is 19.6 Å². The van der Waals surface area contributed by atoms with Gasteiger partial charge in [-0.3, -0.25) is 9.69 Å². The van der Waals surface area contributed by atoms with Crippen LogP contribution in [0.5, 0.6) is 5.75 Å². The molecule has 4 rings (SSSR count). The smallest absolute Gasteiger partial charge is 0.321 e. The molecule has 7 heteroatoms. The van der Waals surface area contributed by atoms with E-state index in [9.17, 15) is 9.90 Å². The molecule has 2 saturated heterocycles. The van der Waals surface area contributed by atoms with Gasteiger partial charge in [-0.2, -0.15) is 5.26 Å². The topological polar surface area (TPSA) is 76.8 Å². The number of carboxylic acids is 1. The van der Waals surface area contributed by atoms with Crippen LogP contribution in [0.3, 0.4) is 0 Å². The van der Waals surface area contributed by atoms with Crippen molar-refractivity contribution in [2.45, 2.75) is 44.2 Å². The molecule has 6 nitrogen and oxygen atoms in total. The van der Waals surface area contributed by atoms with Gasteiger partial charge in [0.05, 0.1) is 16.7 Å². The van der Waals surface area contributed by atoms with E-state index in [1.165, 1.54) is 0 Å². The van der Waals surface area contributed by atoms with E-state index in [4.69, 9.17) is 21.6 Å². The molecule has 0 aromatic heterocycles. The van der Waals surface area contributed by atoms with Crippen molar-refractivity contribution in [3.63, 3.8) is 0 Å². The Labute approximate surface area is 206 Å². The van der Waals surface area contributed by atoms with Gasteiger partial charge in [-0.25, -0.2) is 0 Å². The normalized spacial score (nSPS) is 19.4. The Morgan fingerprint density at radius 2 is 1.79 bits per heavy atom. The van der Waals surface area contributed by atoms with Crippen LogP contribution in [0.15, 0.2) is 48.5 Å². The van der Waals surface area contributed by atoms with Crippen LogP contribution < -0.4 is 4.74 Å². The van der Waals surface area contributed by atoms with E-state index in [0.717, 1.165) is 64.0 Å². The maximum absolute atomic E-state index is 11.9. The summed E-state index contributed by atoms with van der Waals surface area (Å²) in [6, 6.07) is 16.7. The van der Waals surface area contributed by atoms with Crippen LogP contribution in [0.4, 0.5) is 0 Å². The van der Waals surface area contributed by atoms with E-state index in [1.54, 1.807) is 18.2 Å². The molecule has 2 aliphatic rings. The molecule has 0 bridgehead atoms. The van der Waals surface area contributed by atoms with Crippen LogP contribution >= 0.6 is 11.6 Å². The van der Waals surface area contributed by atoms with Crippen molar-refractivity contribution in [3.05, 3.63) is 64.7 Å². The number of ether oxygens (including phenoxy) is 1. The van der Waals surface area contributed by atoms with Gasteiger partial charge in [0.2, 0.25) is 0 Å². The number of halogens is 1. The van der Waals surface area contributed by atoms with Crippen LogP contribution in [0.1, 0.15) is 36.8 Å². The predicted molar refractivity (Wildman–Crippen MR) is 132 cm³/mol. The van der Waals surface area contributed by atoms with E-state index in [-0.39, 0.29) is 6.10 Å². The third-order valence-electron chi connectivity index (χ3n) is 7.05. The second-order valence-corrected chi connectivity index (χ2v) is 9.81. The summed E-state index contributed by atoms with van der Waals surface area (Å²) in [5.74, 6) is 0.523. The Morgan fingerprint density at radius 1 is 1.09 bits per heavy atom. The first-order valence-corrected chi connectivity index (χ1v) is 12.5. The van der Waals surface area contributed by atoms with Gasteiger partial charge in [-0.05, 0) is 74.9 Å². The molecule has 2 fully saturated rings. The molecule has 2 aromatic rings. The number of nitriles is 1. The Hall–Kier alpha value is -2.59. The van der Waals surface area contributed by atoms with Crippen molar-refractivity contribution in [2.24, 2.45) is 5.92 Å². The fourth-order valence-corrected chi connectivity index (χ4v) is 5.30. The van der Waals surface area contributed by atoms with Gasteiger partial charge >= 0.3 is 5.97 Å². The highest BCUT2D eigenvalue weighted by atomic mass is 35.5. The standard InChI is InChI=1S/C27H32ClN3O3/c28-24-16-22(18-29)6-7-26(24)34-23-10-12-30(13-11-23)19-21-8-14-31(15-9-21)25(27(32)33)17-20-4-2-1-3-5-20/h1-7,16,21,23,25H,8-15,17,19H2,(H,32,33). The van der Waals surface area contributed by atoms with Crippen LogP contribution in [-0.2, 0) is 11.2 Å². The van der Waals surface area contributed by atoms with Gasteiger partial charge in [0.1, 0.15) is 17.9 Å². The summed E-state index contributed by atoms with van der Waals surface area (Å²) in [5.41, 5.74) is 1.61. The molecule has 180 valence electrons. The molecular formula is C27H32ClN3O3. The minimum absolute atomic E-state index is 0.137. The first-order valence-electron chi connectivity index (χ1n) is 12.1. The lowest BCUT2D eigenvalue weighted by molar-refractivity contribution is -0.144. The van der Waals surface area contributed by atoms with E-state index in [0.29, 0.717) is 28.7 Å². The number of likely N-dealkylation sites (tertiary alicyclic amines) is 2. The third kappa shape index (κ3) is 6.50. The summed E-state index contributed by atoms with van der Waals surface area (Å²) < 4.78 is 6.11. The largest absolute Gasteiger partial charge is 0.489 e. The highest BCUT2D eigenvalue weighted by Crippen LogP contribution is 2.29. The first-order chi connectivity index (χ1) is 16.5. The highest BCUT2D eigenvalue weighted by molar-refractivity contribution is 6.32. The average molecular weight is 482 g/mol. The third-order valence-corrected chi connectivity index (χ3v) is 7.35. The molecule has 0 aliphatic carbocycles. The van der Waals surface area contributed by atoms with E-state index in [2.05, 4.69) is 15.9 Å². The van der Waals surface area contributed by atoms with Gasteiger partial charge < -0.3 is 14.7 Å². The van der Waals surface area contributed by atoms with Crippen molar-refractivity contribution in [1.29, 1.82) is 5.26 Å².